The number of rotatable bonds is 4. The minimum absolute atomic E-state index is 0.0705. The lowest BCUT2D eigenvalue weighted by atomic mass is 10.1. The number of benzene rings is 1. The predicted molar refractivity (Wildman–Crippen MR) is 73.5 cm³/mol. The molecule has 3 aromatic rings. The van der Waals surface area contributed by atoms with Crippen molar-refractivity contribution in [3.63, 3.8) is 0 Å². The third kappa shape index (κ3) is 2.03. The van der Waals surface area contributed by atoms with Crippen LogP contribution in [0.15, 0.2) is 30.5 Å². The molecule has 0 radical (unpaired) electrons. The maximum atomic E-state index is 11.1. The molecule has 0 aliphatic rings. The fraction of sp³-hybridized carbons (Fsp3) is 0.231. The Labute approximate surface area is 114 Å². The fourth-order valence-corrected chi connectivity index (χ4v) is 2.25. The first kappa shape index (κ1) is 12.3. The molecule has 0 unspecified atom stereocenters. The van der Waals surface area contributed by atoms with Crippen LogP contribution in [-0.2, 0) is 13.0 Å². The van der Waals surface area contributed by atoms with Crippen molar-refractivity contribution in [1.29, 1.82) is 0 Å². The standard InChI is InChI=1S/C13H13N5O2/c1-2-17-7-6-9(16-17)8-11-13-10(14-15-11)4-3-5-12(13)18(19)20/h3-7H,2,8H2,1H3,(H,14,15). The number of nitrogens with zero attached hydrogens (tertiary/aromatic N) is 4. The molecular formula is C13H13N5O2. The van der Waals surface area contributed by atoms with Crippen molar-refractivity contribution in [2.45, 2.75) is 19.9 Å². The number of nitro groups is 1. The predicted octanol–water partition coefficient (Wildman–Crippen LogP) is 2.28. The van der Waals surface area contributed by atoms with Gasteiger partial charge < -0.3 is 0 Å². The second-order valence-corrected chi connectivity index (χ2v) is 4.47. The van der Waals surface area contributed by atoms with Crippen LogP contribution in [0.2, 0.25) is 0 Å². The summed E-state index contributed by atoms with van der Waals surface area (Å²) in [6, 6.07) is 6.82. The number of nitro benzene ring substituents is 1. The number of nitrogens with one attached hydrogen (secondary N) is 1. The van der Waals surface area contributed by atoms with E-state index in [0.717, 1.165) is 12.2 Å². The molecule has 0 fully saturated rings. The Balaban J connectivity index is 2.05. The van der Waals surface area contributed by atoms with Gasteiger partial charge in [-0.05, 0) is 19.1 Å². The highest BCUT2D eigenvalue weighted by Gasteiger charge is 2.18. The van der Waals surface area contributed by atoms with Gasteiger partial charge in [-0.25, -0.2) is 0 Å². The summed E-state index contributed by atoms with van der Waals surface area (Å²) in [6.07, 6.45) is 2.36. The zero-order chi connectivity index (χ0) is 14.1. The van der Waals surface area contributed by atoms with E-state index in [1.165, 1.54) is 6.07 Å². The largest absolute Gasteiger partial charge is 0.280 e. The van der Waals surface area contributed by atoms with Gasteiger partial charge in [-0.3, -0.25) is 19.9 Å². The Kier molecular flexibility index (Phi) is 2.94. The summed E-state index contributed by atoms with van der Waals surface area (Å²) in [5.41, 5.74) is 2.23. The van der Waals surface area contributed by atoms with E-state index in [-0.39, 0.29) is 10.6 Å². The Hall–Kier alpha value is -2.70. The van der Waals surface area contributed by atoms with Gasteiger partial charge >= 0.3 is 0 Å². The second-order valence-electron chi connectivity index (χ2n) is 4.47. The zero-order valence-corrected chi connectivity index (χ0v) is 10.9. The Morgan fingerprint density at radius 2 is 2.25 bits per heavy atom. The summed E-state index contributed by atoms with van der Waals surface area (Å²) in [5.74, 6) is 0. The number of H-pyrrole nitrogens is 1. The maximum Gasteiger partial charge on any atom is 0.280 e. The number of hydrogen-bond donors (Lipinski definition) is 1. The van der Waals surface area contributed by atoms with E-state index in [2.05, 4.69) is 15.3 Å². The monoisotopic (exact) mass is 271 g/mol. The molecule has 0 spiro atoms. The van der Waals surface area contributed by atoms with Crippen LogP contribution in [-0.4, -0.2) is 24.9 Å². The van der Waals surface area contributed by atoms with Crippen LogP contribution in [0.1, 0.15) is 18.3 Å². The molecule has 2 aromatic heterocycles. The molecule has 7 heteroatoms. The normalized spacial score (nSPS) is 11.1. The molecule has 0 saturated carbocycles. The van der Waals surface area contributed by atoms with E-state index in [0.29, 0.717) is 23.0 Å². The number of hydrogen-bond acceptors (Lipinski definition) is 4. The third-order valence-corrected chi connectivity index (χ3v) is 3.21. The molecule has 102 valence electrons. The molecule has 0 atom stereocenters. The smallest absolute Gasteiger partial charge is 0.277 e. The summed E-state index contributed by atoms with van der Waals surface area (Å²) in [5, 5.41) is 23.1. The lowest BCUT2D eigenvalue weighted by Gasteiger charge is -1.97. The molecule has 0 amide bonds. The van der Waals surface area contributed by atoms with Gasteiger partial charge in [0.15, 0.2) is 0 Å². The highest BCUT2D eigenvalue weighted by atomic mass is 16.6. The zero-order valence-electron chi connectivity index (χ0n) is 10.9. The van der Waals surface area contributed by atoms with Crippen molar-refractivity contribution in [3.8, 4) is 0 Å². The van der Waals surface area contributed by atoms with Crippen LogP contribution in [0.3, 0.4) is 0 Å². The minimum atomic E-state index is -0.383. The lowest BCUT2D eigenvalue weighted by molar-refractivity contribution is -0.383. The third-order valence-electron chi connectivity index (χ3n) is 3.21. The minimum Gasteiger partial charge on any atom is -0.277 e. The maximum absolute atomic E-state index is 11.1. The van der Waals surface area contributed by atoms with Gasteiger partial charge in [-0.1, -0.05) is 6.07 Å². The molecule has 0 aliphatic heterocycles. The Bertz CT molecular complexity index is 774. The number of aryl methyl sites for hydroxylation is 1. The van der Waals surface area contributed by atoms with Crippen molar-refractivity contribution in [1.82, 2.24) is 20.0 Å². The van der Waals surface area contributed by atoms with Crippen molar-refractivity contribution in [2.24, 2.45) is 0 Å². The van der Waals surface area contributed by atoms with Crippen molar-refractivity contribution >= 4 is 16.6 Å². The number of fused-ring (bicyclic) bond motifs is 1. The van der Waals surface area contributed by atoms with E-state index >= 15 is 0 Å². The number of aromatic nitrogens is 4. The van der Waals surface area contributed by atoms with Gasteiger partial charge in [0.05, 0.1) is 21.8 Å². The molecular weight excluding hydrogens is 258 g/mol. The topological polar surface area (TPSA) is 89.6 Å². The van der Waals surface area contributed by atoms with Crippen molar-refractivity contribution in [2.75, 3.05) is 0 Å². The highest BCUT2D eigenvalue weighted by Crippen LogP contribution is 2.28. The number of aromatic amines is 1. The summed E-state index contributed by atoms with van der Waals surface area (Å²) in [7, 11) is 0. The van der Waals surface area contributed by atoms with Gasteiger partial charge in [0, 0.05) is 25.2 Å². The van der Waals surface area contributed by atoms with E-state index in [4.69, 9.17) is 0 Å². The molecule has 7 nitrogen and oxygen atoms in total. The van der Waals surface area contributed by atoms with Gasteiger partial charge in [-0.15, -0.1) is 0 Å². The van der Waals surface area contributed by atoms with Gasteiger partial charge in [0.25, 0.3) is 5.69 Å². The fourth-order valence-electron chi connectivity index (χ4n) is 2.25. The van der Waals surface area contributed by atoms with Crippen molar-refractivity contribution in [3.05, 3.63) is 52.0 Å². The van der Waals surface area contributed by atoms with Crippen molar-refractivity contribution < 1.29 is 4.92 Å². The average Bonchev–Trinajstić information content (AvgIpc) is 3.06. The van der Waals surface area contributed by atoms with Crippen LogP contribution < -0.4 is 0 Å². The van der Waals surface area contributed by atoms with Crippen LogP contribution in [0.25, 0.3) is 10.9 Å². The second kappa shape index (κ2) is 4.76. The lowest BCUT2D eigenvalue weighted by Crippen LogP contribution is -1.97. The van der Waals surface area contributed by atoms with E-state index in [9.17, 15) is 10.1 Å². The molecule has 0 saturated heterocycles. The molecule has 1 aromatic carbocycles. The van der Waals surface area contributed by atoms with Crippen LogP contribution >= 0.6 is 0 Å². The first-order chi connectivity index (χ1) is 9.69. The van der Waals surface area contributed by atoms with Crippen LogP contribution in [0.5, 0.6) is 0 Å². The van der Waals surface area contributed by atoms with Gasteiger partial charge in [-0.2, -0.15) is 10.2 Å². The Morgan fingerprint density at radius 3 is 2.95 bits per heavy atom. The first-order valence-electron chi connectivity index (χ1n) is 6.31. The quantitative estimate of drug-likeness (QED) is 0.582. The molecule has 2 heterocycles. The molecule has 3 rings (SSSR count). The first-order valence-corrected chi connectivity index (χ1v) is 6.31. The summed E-state index contributed by atoms with van der Waals surface area (Å²) in [4.78, 5) is 10.7. The average molecular weight is 271 g/mol. The summed E-state index contributed by atoms with van der Waals surface area (Å²) in [6.45, 7) is 2.80. The van der Waals surface area contributed by atoms with Gasteiger partial charge in [0.2, 0.25) is 0 Å². The Morgan fingerprint density at radius 1 is 1.40 bits per heavy atom. The SMILES string of the molecule is CCn1ccc(Cc2n[nH]c3cccc([N+](=O)[O-])c23)n1. The molecule has 20 heavy (non-hydrogen) atoms. The van der Waals surface area contributed by atoms with Gasteiger partial charge in [0.1, 0.15) is 5.39 Å². The number of non-ortho nitro benzene ring substituents is 1. The van der Waals surface area contributed by atoms with E-state index in [1.54, 1.807) is 12.1 Å². The molecule has 1 N–H and O–H groups in total. The molecule has 0 aliphatic carbocycles. The molecule has 0 bridgehead atoms. The summed E-state index contributed by atoms with van der Waals surface area (Å²) < 4.78 is 1.82. The van der Waals surface area contributed by atoms with E-state index < -0.39 is 0 Å². The highest BCUT2D eigenvalue weighted by molar-refractivity contribution is 5.90. The summed E-state index contributed by atoms with van der Waals surface area (Å²) >= 11 is 0. The van der Waals surface area contributed by atoms with Crippen LogP contribution in [0, 0.1) is 10.1 Å². The van der Waals surface area contributed by atoms with E-state index in [1.807, 2.05) is 23.9 Å². The van der Waals surface area contributed by atoms with Crippen LogP contribution in [0.4, 0.5) is 5.69 Å².